The summed E-state index contributed by atoms with van der Waals surface area (Å²) in [6, 6.07) is 0. The lowest BCUT2D eigenvalue weighted by Crippen LogP contribution is -2.10. The van der Waals surface area contributed by atoms with Crippen LogP contribution in [-0.2, 0) is 18.3 Å². The largest absolute Gasteiger partial charge is 0.464 e. The van der Waals surface area contributed by atoms with Gasteiger partial charge in [0.15, 0.2) is 5.69 Å². The van der Waals surface area contributed by atoms with Gasteiger partial charge in [-0.15, -0.1) is 0 Å². The molecule has 0 aromatic carbocycles. The Morgan fingerprint density at radius 3 is 2.95 bits per heavy atom. The van der Waals surface area contributed by atoms with Crippen LogP contribution in [0.15, 0.2) is 15.7 Å². The number of nitrogen functional groups attached to an aromatic ring is 1. The predicted molar refractivity (Wildman–Crippen MR) is 77.4 cm³/mol. The second kappa shape index (κ2) is 5.00. The predicted octanol–water partition coefficient (Wildman–Crippen LogP) is 1.91. The number of nitrogens with zero attached hydrogens (tertiary/aromatic N) is 3. The number of rotatable bonds is 3. The van der Waals surface area contributed by atoms with Crippen molar-refractivity contribution < 1.29 is 9.53 Å². The van der Waals surface area contributed by atoms with Gasteiger partial charge in [0.25, 0.3) is 0 Å². The van der Waals surface area contributed by atoms with Gasteiger partial charge in [-0.05, 0) is 22.6 Å². The fourth-order valence-electron chi connectivity index (χ4n) is 1.95. The monoisotopic (exact) mass is 324 g/mol. The molecule has 0 atom stereocenters. The molecule has 0 bridgehead atoms. The van der Waals surface area contributed by atoms with Crippen molar-refractivity contribution in [1.82, 2.24) is 9.55 Å². The van der Waals surface area contributed by atoms with Crippen molar-refractivity contribution in [2.75, 3.05) is 12.8 Å². The molecule has 0 aliphatic carbocycles. The molecule has 0 aliphatic heterocycles. The van der Waals surface area contributed by atoms with Crippen LogP contribution in [0.4, 0.5) is 5.69 Å². The number of carbonyl (C=O) groups is 1. The Hall–Kier alpha value is -1.89. The van der Waals surface area contributed by atoms with Crippen LogP contribution in [0.25, 0.3) is 11.0 Å². The smallest absolute Gasteiger partial charge is 0.358 e. The molecule has 6 nitrogen and oxygen atoms in total. The Kier molecular flexibility index (Phi) is 3.57. The number of carbonyl (C=O) groups excluding carboxylic acids is 1. The Balaban J connectivity index is 2.81. The summed E-state index contributed by atoms with van der Waals surface area (Å²) < 4.78 is 7.11. The highest BCUT2D eigenvalue weighted by molar-refractivity contribution is 9.10. The summed E-state index contributed by atoms with van der Waals surface area (Å²) in [4.78, 5) is 19.8. The Labute approximate surface area is 118 Å². The van der Waals surface area contributed by atoms with Crippen molar-refractivity contribution in [3.8, 4) is 0 Å². The summed E-state index contributed by atoms with van der Waals surface area (Å²) >= 11 is 3.42. The first kappa shape index (κ1) is 13.5. The van der Waals surface area contributed by atoms with E-state index in [0.29, 0.717) is 16.7 Å². The zero-order valence-electron chi connectivity index (χ0n) is 10.6. The third-order valence-electron chi connectivity index (χ3n) is 2.82. The van der Waals surface area contributed by atoms with Crippen molar-refractivity contribution in [1.29, 1.82) is 0 Å². The molecule has 0 saturated carbocycles. The summed E-state index contributed by atoms with van der Waals surface area (Å²) in [6.45, 7) is 3.94. The van der Waals surface area contributed by atoms with E-state index in [0.717, 1.165) is 10.9 Å². The maximum Gasteiger partial charge on any atom is 0.358 e. The average Bonchev–Trinajstić information content (AvgIpc) is 2.70. The van der Waals surface area contributed by atoms with E-state index in [4.69, 9.17) is 5.73 Å². The zero-order chi connectivity index (χ0) is 14.2. The third-order valence-corrected chi connectivity index (χ3v) is 3.64. The zero-order valence-corrected chi connectivity index (χ0v) is 12.2. The van der Waals surface area contributed by atoms with Gasteiger partial charge in [0.2, 0.25) is 0 Å². The molecule has 0 amide bonds. The normalized spacial score (nSPS) is 10.7. The van der Waals surface area contributed by atoms with Gasteiger partial charge < -0.3 is 15.0 Å². The highest BCUT2D eigenvalue weighted by atomic mass is 79.9. The number of pyridine rings is 1. The van der Waals surface area contributed by atoms with E-state index in [1.165, 1.54) is 7.11 Å². The van der Waals surface area contributed by atoms with Gasteiger partial charge in [0, 0.05) is 24.2 Å². The van der Waals surface area contributed by atoms with Gasteiger partial charge in [0.1, 0.15) is 5.65 Å². The molecule has 0 fully saturated rings. The van der Waals surface area contributed by atoms with Crippen LogP contribution in [-0.4, -0.2) is 29.3 Å². The summed E-state index contributed by atoms with van der Waals surface area (Å²) in [6.07, 6.45) is 1.89. The van der Waals surface area contributed by atoms with Crippen molar-refractivity contribution in [2.24, 2.45) is 12.0 Å². The fraction of sp³-hybridized carbons (Fsp3) is 0.250. The molecule has 0 saturated heterocycles. The standard InChI is InChI=1S/C12H13BrN4O2/c1-15-4-6-5-17(2)11-7(6)8(13)9(14)10(16-11)12(18)19-3/h5H,1,4,14H2,2-3H3. The maximum absolute atomic E-state index is 11.7. The number of fused-ring (bicyclic) bond motifs is 1. The first-order valence-corrected chi connectivity index (χ1v) is 6.24. The molecule has 0 radical (unpaired) electrons. The maximum atomic E-state index is 11.7. The van der Waals surface area contributed by atoms with Crippen LogP contribution >= 0.6 is 15.9 Å². The van der Waals surface area contributed by atoms with Gasteiger partial charge >= 0.3 is 5.97 Å². The number of esters is 1. The van der Waals surface area contributed by atoms with Gasteiger partial charge in [-0.25, -0.2) is 9.78 Å². The number of hydrogen-bond acceptors (Lipinski definition) is 5. The number of nitrogens with two attached hydrogens (primary N) is 1. The Bertz CT molecular complexity index is 678. The van der Waals surface area contributed by atoms with Crippen LogP contribution in [0.2, 0.25) is 0 Å². The van der Waals surface area contributed by atoms with E-state index in [-0.39, 0.29) is 11.4 Å². The number of ether oxygens (including phenoxy) is 1. The van der Waals surface area contributed by atoms with Gasteiger partial charge in [0.05, 0.1) is 23.8 Å². The first-order chi connectivity index (χ1) is 9.01. The summed E-state index contributed by atoms with van der Waals surface area (Å²) in [5.41, 5.74) is 7.87. The Morgan fingerprint density at radius 2 is 2.37 bits per heavy atom. The lowest BCUT2D eigenvalue weighted by Gasteiger charge is -2.07. The molecule has 2 rings (SSSR count). The molecule has 7 heteroatoms. The number of aromatic nitrogens is 2. The summed E-state index contributed by atoms with van der Waals surface area (Å²) in [5, 5.41) is 0.833. The van der Waals surface area contributed by atoms with Crippen molar-refractivity contribution >= 4 is 45.3 Å². The molecular weight excluding hydrogens is 312 g/mol. The molecule has 2 heterocycles. The first-order valence-electron chi connectivity index (χ1n) is 5.45. The minimum absolute atomic E-state index is 0.0983. The quantitative estimate of drug-likeness (QED) is 0.690. The summed E-state index contributed by atoms with van der Waals surface area (Å²) in [5.74, 6) is -0.565. The summed E-state index contributed by atoms with van der Waals surface area (Å²) in [7, 11) is 3.13. The third kappa shape index (κ3) is 2.10. The second-order valence-corrected chi connectivity index (χ2v) is 4.82. The molecule has 2 aromatic heterocycles. The van der Waals surface area contributed by atoms with Crippen molar-refractivity contribution in [2.45, 2.75) is 6.54 Å². The highest BCUT2D eigenvalue weighted by Gasteiger charge is 2.21. The van der Waals surface area contributed by atoms with Crippen LogP contribution in [0.1, 0.15) is 16.1 Å². The molecular formula is C12H13BrN4O2. The fourth-order valence-corrected chi connectivity index (χ4v) is 2.57. The number of aryl methyl sites for hydroxylation is 1. The molecule has 100 valence electrons. The van der Waals surface area contributed by atoms with Crippen molar-refractivity contribution in [3.63, 3.8) is 0 Å². The minimum Gasteiger partial charge on any atom is -0.464 e. The highest BCUT2D eigenvalue weighted by Crippen LogP contribution is 2.34. The lowest BCUT2D eigenvalue weighted by atomic mass is 10.2. The Morgan fingerprint density at radius 1 is 1.68 bits per heavy atom. The minimum atomic E-state index is -0.565. The van der Waals surface area contributed by atoms with Gasteiger partial charge in [-0.3, -0.25) is 4.99 Å². The van der Waals surface area contributed by atoms with E-state index >= 15 is 0 Å². The number of anilines is 1. The van der Waals surface area contributed by atoms with Crippen LogP contribution in [0.3, 0.4) is 0 Å². The molecule has 0 aliphatic rings. The number of halogens is 1. The topological polar surface area (TPSA) is 82.5 Å². The second-order valence-electron chi connectivity index (χ2n) is 4.03. The molecule has 0 spiro atoms. The molecule has 2 aromatic rings. The number of methoxy groups -OCH3 is 1. The van der Waals surface area contributed by atoms with Crippen LogP contribution < -0.4 is 5.73 Å². The molecule has 19 heavy (non-hydrogen) atoms. The van der Waals surface area contributed by atoms with E-state index < -0.39 is 5.97 Å². The van der Waals surface area contributed by atoms with E-state index in [2.05, 4.69) is 37.4 Å². The molecule has 0 unspecified atom stereocenters. The average molecular weight is 325 g/mol. The van der Waals surface area contributed by atoms with Crippen molar-refractivity contribution in [3.05, 3.63) is 21.9 Å². The van der Waals surface area contributed by atoms with E-state index in [9.17, 15) is 4.79 Å². The SMILES string of the molecule is C=NCc1cn(C)c2nc(C(=O)OC)c(N)c(Br)c12. The van der Waals surface area contributed by atoms with Crippen LogP contribution in [0, 0.1) is 0 Å². The van der Waals surface area contributed by atoms with E-state index in [1.54, 1.807) is 0 Å². The van der Waals surface area contributed by atoms with E-state index in [1.807, 2.05) is 17.8 Å². The molecule has 2 N–H and O–H groups in total. The lowest BCUT2D eigenvalue weighted by molar-refractivity contribution is 0.0595. The van der Waals surface area contributed by atoms with Gasteiger partial charge in [-0.1, -0.05) is 0 Å². The van der Waals surface area contributed by atoms with Crippen LogP contribution in [0.5, 0.6) is 0 Å². The van der Waals surface area contributed by atoms with Gasteiger partial charge in [-0.2, -0.15) is 0 Å². The number of hydrogen-bond donors (Lipinski definition) is 1. The number of aliphatic imine (C=N–C) groups is 1.